The quantitative estimate of drug-likeness (QED) is 0.756. The van der Waals surface area contributed by atoms with Crippen LogP contribution >= 0.6 is 0 Å². The number of aromatic nitrogens is 2. The molecule has 1 heterocycles. The van der Waals surface area contributed by atoms with Gasteiger partial charge in [0, 0.05) is 12.5 Å². The summed E-state index contributed by atoms with van der Waals surface area (Å²) in [5.41, 5.74) is 0.856. The van der Waals surface area contributed by atoms with Crippen molar-refractivity contribution in [2.75, 3.05) is 13.2 Å². The van der Waals surface area contributed by atoms with Gasteiger partial charge in [-0.3, -0.25) is 0 Å². The smallest absolute Gasteiger partial charge is 0.251 e. The highest BCUT2D eigenvalue weighted by atomic mass is 16.5. The summed E-state index contributed by atoms with van der Waals surface area (Å²) in [5.74, 6) is 2.00. The van der Waals surface area contributed by atoms with Gasteiger partial charge in [-0.05, 0) is 44.9 Å². The standard InChI is InChI=1S/C16H21N3O2/c1-2-20-14-7-4-3-6-13(14)16-19-18-15(21-16)8-5-11-17-12-9-10-12/h3-4,6-7,12,17H,2,5,8-11H2,1H3. The molecule has 0 unspecified atom stereocenters. The van der Waals surface area contributed by atoms with Crippen LogP contribution in [0.1, 0.15) is 32.1 Å². The lowest BCUT2D eigenvalue weighted by Gasteiger charge is -2.06. The van der Waals surface area contributed by atoms with Crippen LogP contribution in [-0.4, -0.2) is 29.4 Å². The summed E-state index contributed by atoms with van der Waals surface area (Å²) < 4.78 is 11.3. The fraction of sp³-hybridized carbons (Fsp3) is 0.500. The summed E-state index contributed by atoms with van der Waals surface area (Å²) in [6.07, 6.45) is 4.46. The normalized spacial score (nSPS) is 14.3. The van der Waals surface area contributed by atoms with Crippen LogP contribution in [0.25, 0.3) is 11.5 Å². The van der Waals surface area contributed by atoms with Crippen LogP contribution in [-0.2, 0) is 6.42 Å². The number of nitrogens with one attached hydrogen (secondary N) is 1. The topological polar surface area (TPSA) is 60.2 Å². The maximum absolute atomic E-state index is 5.75. The van der Waals surface area contributed by atoms with E-state index >= 15 is 0 Å². The molecule has 1 aliphatic rings. The molecule has 0 saturated heterocycles. The van der Waals surface area contributed by atoms with Crippen LogP contribution in [0.5, 0.6) is 5.75 Å². The van der Waals surface area contributed by atoms with E-state index in [4.69, 9.17) is 9.15 Å². The van der Waals surface area contributed by atoms with Gasteiger partial charge in [0.1, 0.15) is 5.75 Å². The molecule has 0 spiro atoms. The molecule has 1 aromatic heterocycles. The van der Waals surface area contributed by atoms with E-state index in [1.807, 2.05) is 31.2 Å². The summed E-state index contributed by atoms with van der Waals surface area (Å²) in [6.45, 7) is 3.59. The minimum Gasteiger partial charge on any atom is -0.493 e. The van der Waals surface area contributed by atoms with Gasteiger partial charge in [0.15, 0.2) is 0 Å². The maximum Gasteiger partial charge on any atom is 0.251 e. The molecule has 1 aromatic carbocycles. The second kappa shape index (κ2) is 6.72. The van der Waals surface area contributed by atoms with Gasteiger partial charge in [0.25, 0.3) is 5.89 Å². The average Bonchev–Trinajstić information content (AvgIpc) is 3.21. The third-order valence-electron chi connectivity index (χ3n) is 3.46. The average molecular weight is 287 g/mol. The van der Waals surface area contributed by atoms with Gasteiger partial charge in [0.2, 0.25) is 5.89 Å². The lowest BCUT2D eigenvalue weighted by Crippen LogP contribution is -2.17. The number of hydrogen-bond donors (Lipinski definition) is 1. The van der Waals surface area contributed by atoms with Crippen LogP contribution in [0.3, 0.4) is 0 Å². The molecule has 3 rings (SSSR count). The van der Waals surface area contributed by atoms with E-state index in [0.717, 1.165) is 36.7 Å². The Morgan fingerprint density at radius 3 is 2.95 bits per heavy atom. The van der Waals surface area contributed by atoms with Crippen LogP contribution < -0.4 is 10.1 Å². The summed E-state index contributed by atoms with van der Waals surface area (Å²) in [4.78, 5) is 0. The number of aryl methyl sites for hydroxylation is 1. The number of rotatable bonds is 8. The summed E-state index contributed by atoms with van der Waals surface area (Å²) in [5, 5.41) is 11.7. The molecule has 5 heteroatoms. The van der Waals surface area contributed by atoms with Crippen molar-refractivity contribution in [3.63, 3.8) is 0 Å². The Labute approximate surface area is 124 Å². The van der Waals surface area contributed by atoms with Gasteiger partial charge >= 0.3 is 0 Å². The third kappa shape index (κ3) is 3.82. The first kappa shape index (κ1) is 14.1. The summed E-state index contributed by atoms with van der Waals surface area (Å²) in [7, 11) is 0. The highest BCUT2D eigenvalue weighted by Gasteiger charge is 2.19. The van der Waals surface area contributed by atoms with Crippen molar-refractivity contribution < 1.29 is 9.15 Å². The van der Waals surface area contributed by atoms with Crippen molar-refractivity contribution in [2.45, 2.75) is 38.6 Å². The van der Waals surface area contributed by atoms with Crippen molar-refractivity contribution in [2.24, 2.45) is 0 Å². The second-order valence-corrected chi connectivity index (χ2v) is 5.26. The first-order valence-corrected chi connectivity index (χ1v) is 7.64. The molecule has 1 N–H and O–H groups in total. The minimum absolute atomic E-state index is 0.532. The second-order valence-electron chi connectivity index (χ2n) is 5.26. The number of ether oxygens (including phenoxy) is 1. The fourth-order valence-electron chi connectivity index (χ4n) is 2.22. The lowest BCUT2D eigenvalue weighted by atomic mass is 10.2. The highest BCUT2D eigenvalue weighted by Crippen LogP contribution is 2.28. The molecule has 0 bridgehead atoms. The molecule has 0 radical (unpaired) electrons. The van der Waals surface area contributed by atoms with E-state index in [2.05, 4.69) is 15.5 Å². The Bertz CT molecular complexity index is 578. The van der Waals surface area contributed by atoms with E-state index in [9.17, 15) is 0 Å². The number of hydrogen-bond acceptors (Lipinski definition) is 5. The highest BCUT2D eigenvalue weighted by molar-refractivity contribution is 5.62. The van der Waals surface area contributed by atoms with E-state index in [1.54, 1.807) is 0 Å². The molecule has 1 saturated carbocycles. The van der Waals surface area contributed by atoms with Crippen molar-refractivity contribution in [1.29, 1.82) is 0 Å². The number of benzene rings is 1. The first-order chi connectivity index (χ1) is 10.4. The molecule has 0 amide bonds. The van der Waals surface area contributed by atoms with Gasteiger partial charge < -0.3 is 14.5 Å². The van der Waals surface area contributed by atoms with E-state index in [1.165, 1.54) is 12.8 Å². The van der Waals surface area contributed by atoms with Crippen LogP contribution in [0.4, 0.5) is 0 Å². The first-order valence-electron chi connectivity index (χ1n) is 7.64. The van der Waals surface area contributed by atoms with Gasteiger partial charge in [-0.1, -0.05) is 12.1 Å². The molecular weight excluding hydrogens is 266 g/mol. The predicted molar refractivity (Wildman–Crippen MR) is 80.2 cm³/mol. The summed E-state index contributed by atoms with van der Waals surface area (Å²) >= 11 is 0. The zero-order valence-electron chi connectivity index (χ0n) is 12.3. The lowest BCUT2D eigenvalue weighted by molar-refractivity contribution is 0.340. The number of nitrogens with zero attached hydrogens (tertiary/aromatic N) is 2. The van der Waals surface area contributed by atoms with Gasteiger partial charge in [0.05, 0.1) is 12.2 Å². The number of para-hydroxylation sites is 1. The van der Waals surface area contributed by atoms with Crippen molar-refractivity contribution in [3.05, 3.63) is 30.2 Å². The molecule has 0 atom stereocenters. The van der Waals surface area contributed by atoms with E-state index in [-0.39, 0.29) is 0 Å². The third-order valence-corrected chi connectivity index (χ3v) is 3.46. The van der Waals surface area contributed by atoms with E-state index < -0.39 is 0 Å². The predicted octanol–water partition coefficient (Wildman–Crippen LogP) is 2.82. The maximum atomic E-state index is 5.75. The van der Waals surface area contributed by atoms with Gasteiger partial charge in [-0.15, -0.1) is 10.2 Å². The minimum atomic E-state index is 0.532. The van der Waals surface area contributed by atoms with Crippen LogP contribution in [0.2, 0.25) is 0 Å². The largest absolute Gasteiger partial charge is 0.493 e. The Hall–Kier alpha value is -1.88. The molecule has 2 aromatic rings. The monoisotopic (exact) mass is 287 g/mol. The Balaban J connectivity index is 1.60. The van der Waals surface area contributed by atoms with Crippen molar-refractivity contribution in [3.8, 4) is 17.2 Å². The zero-order valence-corrected chi connectivity index (χ0v) is 12.3. The fourth-order valence-corrected chi connectivity index (χ4v) is 2.22. The van der Waals surface area contributed by atoms with Crippen molar-refractivity contribution >= 4 is 0 Å². The molecule has 0 aliphatic heterocycles. The summed E-state index contributed by atoms with van der Waals surface area (Å²) in [6, 6.07) is 8.50. The van der Waals surface area contributed by atoms with Crippen LogP contribution in [0, 0.1) is 0 Å². The molecular formula is C16H21N3O2. The van der Waals surface area contributed by atoms with Gasteiger partial charge in [-0.2, -0.15) is 0 Å². The van der Waals surface area contributed by atoms with E-state index in [0.29, 0.717) is 18.4 Å². The van der Waals surface area contributed by atoms with Crippen molar-refractivity contribution in [1.82, 2.24) is 15.5 Å². The molecule has 112 valence electrons. The SMILES string of the molecule is CCOc1ccccc1-c1nnc(CCCNC2CC2)o1. The van der Waals surface area contributed by atoms with Gasteiger partial charge in [-0.25, -0.2) is 0 Å². The Morgan fingerprint density at radius 1 is 1.29 bits per heavy atom. The van der Waals surface area contributed by atoms with Crippen LogP contribution in [0.15, 0.2) is 28.7 Å². The Morgan fingerprint density at radius 2 is 2.14 bits per heavy atom. The molecule has 1 aliphatic carbocycles. The Kier molecular flexibility index (Phi) is 4.50. The molecule has 21 heavy (non-hydrogen) atoms. The molecule has 5 nitrogen and oxygen atoms in total. The molecule has 1 fully saturated rings. The zero-order chi connectivity index (χ0) is 14.5.